The van der Waals surface area contributed by atoms with Gasteiger partial charge in [-0.25, -0.2) is 4.79 Å². The molecule has 5 nitrogen and oxygen atoms in total. The Kier molecular flexibility index (Phi) is 2.12. The second kappa shape index (κ2) is 5.62. The fraction of sp³-hybridized carbons (Fsp3) is 0.526. The number of rotatable bonds is 4. The number of aliphatic hydroxyl groups is 1. The van der Waals surface area contributed by atoms with E-state index >= 15 is 0 Å². The molecular weight excluding hydrogens is 370 g/mol. The van der Waals surface area contributed by atoms with Gasteiger partial charge in [-0.05, 0) is 22.8 Å². The van der Waals surface area contributed by atoms with Crippen LogP contribution in [0, 0.1) is 0 Å². The van der Waals surface area contributed by atoms with Crippen LogP contribution in [-0.2, 0) is 19.9 Å². The average Bonchev–Trinajstić information content (AvgIpc) is 3.43. The van der Waals surface area contributed by atoms with Crippen molar-refractivity contribution in [2.24, 2.45) is 0 Å². The lowest BCUT2D eigenvalue weighted by atomic mass is 9.95. The highest BCUT2D eigenvalue weighted by atomic mass is 32.1. The fourth-order valence-corrected chi connectivity index (χ4v) is 5.61. The van der Waals surface area contributed by atoms with E-state index in [0.29, 0.717) is 22.7 Å². The Hall–Kier alpha value is -1.25. The molecule has 4 atom stereocenters. The van der Waals surface area contributed by atoms with Gasteiger partial charge in [-0.15, -0.1) is 22.7 Å². The predicted molar refractivity (Wildman–Crippen MR) is 99.1 cm³/mol. The number of hydrogen-bond acceptors (Lipinski definition) is 6. The molecule has 0 spiro atoms. The maximum atomic E-state index is 13.5. The summed E-state index contributed by atoms with van der Waals surface area (Å²) < 4.78 is 83.2. The van der Waals surface area contributed by atoms with Crippen LogP contribution in [0.3, 0.4) is 0 Å². The van der Waals surface area contributed by atoms with Gasteiger partial charge >= 0.3 is 5.97 Å². The van der Waals surface area contributed by atoms with E-state index in [2.05, 4.69) is 0 Å². The Bertz CT molecular complexity index is 1160. The molecule has 5 rings (SSSR count). The molecule has 2 bridgehead atoms. The number of esters is 1. The number of morpholine rings is 1. The Labute approximate surface area is 173 Å². The van der Waals surface area contributed by atoms with Crippen LogP contribution in [0.15, 0.2) is 34.9 Å². The zero-order valence-electron chi connectivity index (χ0n) is 22.7. The van der Waals surface area contributed by atoms with Crippen molar-refractivity contribution < 1.29 is 36.2 Å². The van der Waals surface area contributed by atoms with Gasteiger partial charge in [-0.1, -0.05) is 12.1 Å². The smallest absolute Gasteiger partial charge is 0.349 e. The molecule has 138 valence electrons. The van der Waals surface area contributed by atoms with Crippen molar-refractivity contribution in [3.63, 3.8) is 0 Å². The molecule has 1 N–H and O–H groups in total. The second-order valence-corrected chi connectivity index (χ2v) is 8.76. The van der Waals surface area contributed by atoms with Crippen LogP contribution < -0.4 is 0 Å². The number of fused-ring (bicyclic) bond motifs is 5. The maximum absolute atomic E-state index is 13.5. The Morgan fingerprint density at radius 2 is 1.88 bits per heavy atom. The average molecular weight is 402 g/mol. The highest BCUT2D eigenvalue weighted by Gasteiger charge is 2.71. The van der Waals surface area contributed by atoms with Crippen LogP contribution in [0.25, 0.3) is 0 Å². The number of epoxide rings is 1. The topological polar surface area (TPSA) is 59.1 Å². The van der Waals surface area contributed by atoms with Crippen molar-refractivity contribution in [1.82, 2.24) is 0 Å². The molecule has 5 heterocycles. The number of likely N-dealkylation sites (N-methyl/N-ethyl adjacent to an activating group) is 1. The molecule has 0 amide bonds. The largest absolute Gasteiger partial charge is 0.459 e. The van der Waals surface area contributed by atoms with Gasteiger partial charge < -0.3 is 19.1 Å². The monoisotopic (exact) mass is 401 g/mol. The van der Waals surface area contributed by atoms with E-state index in [1.54, 1.807) is 7.05 Å². The summed E-state index contributed by atoms with van der Waals surface area (Å²) in [6.07, 6.45) is -0.933. The van der Waals surface area contributed by atoms with Gasteiger partial charge in [0, 0.05) is 12.8 Å². The lowest BCUT2D eigenvalue weighted by molar-refractivity contribution is -0.938. The van der Waals surface area contributed by atoms with Crippen molar-refractivity contribution in [2.75, 3.05) is 14.0 Å². The van der Waals surface area contributed by atoms with Crippen LogP contribution in [0.4, 0.5) is 0 Å². The first-order valence-corrected chi connectivity index (χ1v) is 9.86. The van der Waals surface area contributed by atoms with E-state index in [1.165, 1.54) is 0 Å². The Balaban J connectivity index is 1.50. The van der Waals surface area contributed by atoms with Crippen molar-refractivity contribution in [1.29, 1.82) is 0 Å². The number of carbonyl (C=O) groups is 1. The summed E-state index contributed by atoms with van der Waals surface area (Å²) in [6, 6.07) is -3.05. The summed E-state index contributed by atoms with van der Waals surface area (Å²) in [5.41, 5.74) is -2.76. The van der Waals surface area contributed by atoms with E-state index in [1.807, 2.05) is 0 Å². The first-order valence-electron chi connectivity index (χ1n) is 12.7. The highest BCUT2D eigenvalue weighted by molar-refractivity contribution is 7.12. The molecule has 3 aliphatic heterocycles. The lowest BCUT2D eigenvalue weighted by Crippen LogP contribution is -2.60. The van der Waals surface area contributed by atoms with Crippen molar-refractivity contribution in [3.05, 3.63) is 44.6 Å². The third kappa shape index (κ3) is 2.28. The summed E-state index contributed by atoms with van der Waals surface area (Å²) in [4.78, 5) is 12.8. The zero-order chi connectivity index (χ0) is 25.8. The summed E-state index contributed by atoms with van der Waals surface area (Å²) in [6.45, 7) is -2.29. The minimum atomic E-state index is -2.76. The number of quaternary nitrogens is 1. The van der Waals surface area contributed by atoms with Gasteiger partial charge in [0.05, 0.1) is 36.1 Å². The third-order valence-corrected chi connectivity index (χ3v) is 7.30. The van der Waals surface area contributed by atoms with Crippen LogP contribution in [0.1, 0.15) is 34.9 Å². The molecule has 2 aromatic rings. The van der Waals surface area contributed by atoms with E-state index in [9.17, 15) is 9.90 Å². The van der Waals surface area contributed by atoms with Crippen LogP contribution >= 0.6 is 22.7 Å². The standard InChI is InChI=1S/C19H22NO4S2/c1-20(2)12-9-11(10-13(20)17-16(12)24-17)23-18(21)19(22,14-5-3-7-25-14)15-6-4-8-26-15/h3-8,11-13,16-17,22H,9-10H2,1-2H3/q+1/i1D3,3D,4D,5D,6D,7D,8D. The van der Waals surface area contributed by atoms with Gasteiger partial charge in [-0.2, -0.15) is 0 Å². The molecule has 3 aliphatic rings. The predicted octanol–water partition coefficient (Wildman–Crippen LogP) is 2.35. The number of hydrogen-bond donors (Lipinski definition) is 1. The molecule has 3 fully saturated rings. The molecule has 0 aromatic carbocycles. The normalized spacial score (nSPS) is 43.5. The summed E-state index contributed by atoms with van der Waals surface area (Å²) in [5.74, 6) is -1.24. The second-order valence-electron chi connectivity index (χ2n) is 7.12. The highest BCUT2D eigenvalue weighted by Crippen LogP contribution is 2.52. The van der Waals surface area contributed by atoms with Gasteiger partial charge in [-0.3, -0.25) is 0 Å². The number of ether oxygens (including phenoxy) is 2. The van der Waals surface area contributed by atoms with Gasteiger partial charge in [0.15, 0.2) is 0 Å². The molecule has 2 aromatic heterocycles. The van der Waals surface area contributed by atoms with E-state index in [0.717, 1.165) is 0 Å². The van der Waals surface area contributed by atoms with Crippen LogP contribution in [0.5, 0.6) is 0 Å². The molecule has 4 unspecified atom stereocenters. The molecule has 3 saturated heterocycles. The van der Waals surface area contributed by atoms with Crippen molar-refractivity contribution in [3.8, 4) is 0 Å². The van der Waals surface area contributed by atoms with E-state index < -0.39 is 60.9 Å². The molecule has 0 saturated carbocycles. The number of carbonyl (C=O) groups excluding carboxylic acids is 1. The first kappa shape index (κ1) is 9.80. The maximum Gasteiger partial charge on any atom is 0.349 e. The summed E-state index contributed by atoms with van der Waals surface area (Å²) in [5, 5.41) is 11.0. The third-order valence-electron chi connectivity index (χ3n) is 5.69. The molecule has 7 heteroatoms. The van der Waals surface area contributed by atoms with Gasteiger partial charge in [0.2, 0.25) is 5.60 Å². The number of thiophene rings is 2. The number of piperidine rings is 1. The first-order chi connectivity index (χ1) is 16.1. The minimum absolute atomic E-state index is 0.172. The van der Waals surface area contributed by atoms with E-state index in [-0.39, 0.29) is 50.0 Å². The van der Waals surface area contributed by atoms with Crippen LogP contribution in [0.2, 0.25) is 0 Å². The molecule has 26 heavy (non-hydrogen) atoms. The lowest BCUT2D eigenvalue weighted by Gasteiger charge is -2.45. The minimum Gasteiger partial charge on any atom is -0.459 e. The summed E-state index contributed by atoms with van der Waals surface area (Å²) >= 11 is 1.05. The SMILES string of the molecule is [2H]c1sc(C(O)(C(=O)OC2CC3C4OC4C(C2)[N+]3(C)C([2H])([2H])[2H])c2sc([2H])c([2H])c2[2H])c([2H])c1[2H]. The number of nitrogens with zero attached hydrogens (tertiary/aromatic N) is 1. The van der Waals surface area contributed by atoms with Crippen molar-refractivity contribution in [2.45, 2.75) is 48.8 Å². The molecule has 0 aliphatic carbocycles. The summed E-state index contributed by atoms with van der Waals surface area (Å²) in [7, 11) is 1.65. The Morgan fingerprint density at radius 3 is 2.35 bits per heavy atom. The molecule has 0 radical (unpaired) electrons. The van der Waals surface area contributed by atoms with Gasteiger partial charge in [0.25, 0.3) is 0 Å². The molecular formula is C19H22NO4S2+. The van der Waals surface area contributed by atoms with E-state index in [4.69, 9.17) is 21.8 Å². The van der Waals surface area contributed by atoms with Crippen LogP contribution in [-0.4, -0.2) is 60.0 Å². The van der Waals surface area contributed by atoms with Crippen molar-refractivity contribution >= 4 is 28.6 Å². The zero-order valence-corrected chi connectivity index (χ0v) is 15.4. The Morgan fingerprint density at radius 1 is 1.31 bits per heavy atom. The fourth-order valence-electron chi connectivity index (χ4n) is 4.27. The van der Waals surface area contributed by atoms with Gasteiger partial charge in [0.1, 0.15) is 30.4 Å². The quantitative estimate of drug-likeness (QED) is 0.485.